The number of halogens is 1. The average Bonchev–Trinajstić information content (AvgIpc) is 2.59. The Bertz CT molecular complexity index is 785. The summed E-state index contributed by atoms with van der Waals surface area (Å²) in [5, 5.41) is 12.5. The standard InChI is InChI=1S/C18H15BrN2O2/c19-14-7-8-17-15(12-14)16(20-23)10-11-21(17)18(22)9-6-13-4-2-1-3-5-13/h1-9,12,23H,10-11H2. The molecule has 1 N–H and O–H groups in total. The van der Waals surface area contributed by atoms with Gasteiger partial charge >= 0.3 is 0 Å². The first kappa shape index (κ1) is 15.5. The van der Waals surface area contributed by atoms with Crippen LogP contribution < -0.4 is 4.90 Å². The lowest BCUT2D eigenvalue weighted by molar-refractivity contribution is -0.114. The van der Waals surface area contributed by atoms with Crippen LogP contribution in [0.3, 0.4) is 0 Å². The number of anilines is 1. The van der Waals surface area contributed by atoms with E-state index in [1.165, 1.54) is 0 Å². The zero-order valence-corrected chi connectivity index (χ0v) is 13.9. The third kappa shape index (κ3) is 3.35. The molecule has 0 bridgehead atoms. The Hall–Kier alpha value is -2.40. The van der Waals surface area contributed by atoms with Gasteiger partial charge in [-0.05, 0) is 29.8 Å². The number of benzene rings is 2. The van der Waals surface area contributed by atoms with Crippen molar-refractivity contribution in [3.63, 3.8) is 0 Å². The Morgan fingerprint density at radius 3 is 2.74 bits per heavy atom. The number of hydrogen-bond acceptors (Lipinski definition) is 3. The molecule has 2 aromatic rings. The van der Waals surface area contributed by atoms with Crippen LogP contribution >= 0.6 is 15.9 Å². The highest BCUT2D eigenvalue weighted by molar-refractivity contribution is 9.10. The first-order chi connectivity index (χ1) is 11.2. The maximum Gasteiger partial charge on any atom is 0.251 e. The lowest BCUT2D eigenvalue weighted by Crippen LogP contribution is -2.36. The minimum Gasteiger partial charge on any atom is -0.411 e. The Labute approximate surface area is 142 Å². The minimum absolute atomic E-state index is 0.0885. The minimum atomic E-state index is -0.0885. The first-order valence-corrected chi connectivity index (χ1v) is 8.04. The molecule has 1 amide bonds. The Kier molecular flexibility index (Phi) is 4.57. The van der Waals surface area contributed by atoms with Crippen LogP contribution in [0.2, 0.25) is 0 Å². The molecule has 1 aliphatic rings. The van der Waals surface area contributed by atoms with Gasteiger partial charge in [0.15, 0.2) is 0 Å². The van der Waals surface area contributed by atoms with Crippen LogP contribution in [0.4, 0.5) is 5.69 Å². The van der Waals surface area contributed by atoms with E-state index in [9.17, 15) is 4.79 Å². The van der Waals surface area contributed by atoms with Crippen molar-refractivity contribution in [1.29, 1.82) is 0 Å². The van der Waals surface area contributed by atoms with E-state index in [4.69, 9.17) is 5.21 Å². The van der Waals surface area contributed by atoms with Gasteiger partial charge in [-0.15, -0.1) is 0 Å². The van der Waals surface area contributed by atoms with Crippen LogP contribution in [0.5, 0.6) is 0 Å². The van der Waals surface area contributed by atoms with Crippen molar-refractivity contribution in [2.75, 3.05) is 11.4 Å². The van der Waals surface area contributed by atoms with Crippen molar-refractivity contribution in [2.24, 2.45) is 5.16 Å². The molecule has 1 aliphatic heterocycles. The highest BCUT2D eigenvalue weighted by Crippen LogP contribution is 2.30. The van der Waals surface area contributed by atoms with Gasteiger partial charge in [-0.25, -0.2) is 0 Å². The summed E-state index contributed by atoms with van der Waals surface area (Å²) >= 11 is 3.41. The van der Waals surface area contributed by atoms with E-state index in [2.05, 4.69) is 21.1 Å². The topological polar surface area (TPSA) is 52.9 Å². The molecule has 0 radical (unpaired) electrons. The monoisotopic (exact) mass is 370 g/mol. The molecule has 0 saturated heterocycles. The maximum absolute atomic E-state index is 12.5. The predicted molar refractivity (Wildman–Crippen MR) is 94.9 cm³/mol. The molecule has 4 nitrogen and oxygen atoms in total. The number of carbonyl (C=O) groups is 1. The molecule has 0 aliphatic carbocycles. The molecule has 116 valence electrons. The van der Waals surface area contributed by atoms with Crippen molar-refractivity contribution < 1.29 is 10.0 Å². The zero-order chi connectivity index (χ0) is 16.2. The average molecular weight is 371 g/mol. The smallest absolute Gasteiger partial charge is 0.251 e. The second kappa shape index (κ2) is 6.79. The molecule has 0 fully saturated rings. The second-order valence-corrected chi connectivity index (χ2v) is 6.11. The SMILES string of the molecule is O=C(C=Cc1ccccc1)N1CCC(=NO)c2cc(Br)ccc21. The van der Waals surface area contributed by atoms with Crippen molar-refractivity contribution in [3.05, 3.63) is 70.2 Å². The maximum atomic E-state index is 12.5. The number of fused-ring (bicyclic) bond motifs is 1. The fourth-order valence-corrected chi connectivity index (χ4v) is 2.96. The van der Waals surface area contributed by atoms with Crippen LogP contribution in [0.25, 0.3) is 6.08 Å². The molecular weight excluding hydrogens is 356 g/mol. The summed E-state index contributed by atoms with van der Waals surface area (Å²) in [6.45, 7) is 0.492. The second-order valence-electron chi connectivity index (χ2n) is 5.19. The molecule has 0 saturated carbocycles. The number of oxime groups is 1. The summed E-state index contributed by atoms with van der Waals surface area (Å²) in [5.41, 5.74) is 3.11. The van der Waals surface area contributed by atoms with Gasteiger partial charge in [0, 0.05) is 29.1 Å². The predicted octanol–water partition coefficient (Wildman–Crippen LogP) is 4.08. The van der Waals surface area contributed by atoms with E-state index in [1.807, 2.05) is 48.5 Å². The van der Waals surface area contributed by atoms with Crippen LogP contribution in [0.15, 0.2) is 64.2 Å². The van der Waals surface area contributed by atoms with Gasteiger partial charge in [0.25, 0.3) is 5.91 Å². The summed E-state index contributed by atoms with van der Waals surface area (Å²) in [6, 6.07) is 15.3. The fraction of sp³-hybridized carbons (Fsp3) is 0.111. The van der Waals surface area contributed by atoms with Gasteiger partial charge in [-0.3, -0.25) is 4.79 Å². The molecule has 1 heterocycles. The molecular formula is C18H15BrN2O2. The first-order valence-electron chi connectivity index (χ1n) is 7.24. The Morgan fingerprint density at radius 2 is 2.00 bits per heavy atom. The summed E-state index contributed by atoms with van der Waals surface area (Å²) in [5.74, 6) is -0.0885. The third-order valence-corrected chi connectivity index (χ3v) is 4.23. The fourth-order valence-electron chi connectivity index (χ4n) is 2.60. The van der Waals surface area contributed by atoms with Crippen molar-refractivity contribution in [1.82, 2.24) is 0 Å². The number of hydrogen-bond donors (Lipinski definition) is 1. The third-order valence-electron chi connectivity index (χ3n) is 3.74. The van der Waals surface area contributed by atoms with Gasteiger partial charge in [0.1, 0.15) is 0 Å². The van der Waals surface area contributed by atoms with Gasteiger partial charge < -0.3 is 10.1 Å². The molecule has 23 heavy (non-hydrogen) atoms. The largest absolute Gasteiger partial charge is 0.411 e. The van der Waals surface area contributed by atoms with Crippen LogP contribution in [-0.4, -0.2) is 23.4 Å². The summed E-state index contributed by atoms with van der Waals surface area (Å²) in [7, 11) is 0. The molecule has 3 rings (SSSR count). The molecule has 0 aromatic heterocycles. The Balaban J connectivity index is 1.89. The van der Waals surface area contributed by atoms with Crippen molar-refractivity contribution >= 4 is 39.3 Å². The number of amides is 1. The van der Waals surface area contributed by atoms with Crippen LogP contribution in [0, 0.1) is 0 Å². The van der Waals surface area contributed by atoms with Gasteiger partial charge in [-0.2, -0.15) is 0 Å². The van der Waals surface area contributed by atoms with Gasteiger partial charge in [0.05, 0.1) is 11.4 Å². The summed E-state index contributed by atoms with van der Waals surface area (Å²) < 4.78 is 0.881. The highest BCUT2D eigenvalue weighted by Gasteiger charge is 2.25. The van der Waals surface area contributed by atoms with E-state index in [0.717, 1.165) is 21.3 Å². The number of carbonyl (C=O) groups excluding carboxylic acids is 1. The van der Waals surface area contributed by atoms with Crippen LogP contribution in [0.1, 0.15) is 17.5 Å². The van der Waals surface area contributed by atoms with Crippen LogP contribution in [-0.2, 0) is 4.79 Å². The lowest BCUT2D eigenvalue weighted by atomic mass is 9.99. The van der Waals surface area contributed by atoms with E-state index in [1.54, 1.807) is 17.1 Å². The van der Waals surface area contributed by atoms with E-state index < -0.39 is 0 Å². The lowest BCUT2D eigenvalue weighted by Gasteiger charge is -2.29. The highest BCUT2D eigenvalue weighted by atomic mass is 79.9. The van der Waals surface area contributed by atoms with Gasteiger partial charge in [-0.1, -0.05) is 51.4 Å². The number of nitrogens with zero attached hydrogens (tertiary/aromatic N) is 2. The molecule has 5 heteroatoms. The van der Waals surface area contributed by atoms with Crippen molar-refractivity contribution in [2.45, 2.75) is 6.42 Å². The molecule has 0 atom stereocenters. The molecule has 0 spiro atoms. The summed E-state index contributed by atoms with van der Waals surface area (Å²) in [6.07, 6.45) is 3.89. The zero-order valence-electron chi connectivity index (χ0n) is 12.3. The normalized spacial score (nSPS) is 15.9. The molecule has 0 unspecified atom stereocenters. The molecule has 2 aromatic carbocycles. The summed E-state index contributed by atoms with van der Waals surface area (Å²) in [4.78, 5) is 14.2. The number of rotatable bonds is 2. The van der Waals surface area contributed by atoms with E-state index >= 15 is 0 Å². The Morgan fingerprint density at radius 1 is 1.22 bits per heavy atom. The van der Waals surface area contributed by atoms with E-state index in [0.29, 0.717) is 18.7 Å². The quantitative estimate of drug-likeness (QED) is 0.491. The van der Waals surface area contributed by atoms with Crippen molar-refractivity contribution in [3.8, 4) is 0 Å². The van der Waals surface area contributed by atoms with Gasteiger partial charge in [0.2, 0.25) is 0 Å². The van der Waals surface area contributed by atoms with E-state index in [-0.39, 0.29) is 5.91 Å².